The Balaban J connectivity index is 0.00000256. The van der Waals surface area contributed by atoms with Gasteiger partial charge in [-0.15, -0.1) is 0 Å². The molecule has 2 heterocycles. The molecule has 2 aromatic carbocycles. The van der Waals surface area contributed by atoms with E-state index in [1.165, 1.54) is 38.5 Å². The second kappa shape index (κ2) is 9.75. The molecule has 2 aromatic heterocycles. The summed E-state index contributed by atoms with van der Waals surface area (Å²) in [5, 5.41) is 11.7. The predicted molar refractivity (Wildman–Crippen MR) is 122 cm³/mol. The van der Waals surface area contributed by atoms with Crippen molar-refractivity contribution in [1.29, 1.82) is 0 Å². The Kier molecular flexibility index (Phi) is 7.32. The summed E-state index contributed by atoms with van der Waals surface area (Å²) in [6, 6.07) is 17.4. The zero-order chi connectivity index (χ0) is 20.4. The number of aryl methyl sites for hydroxylation is 2. The minimum atomic E-state index is 0. The fourth-order valence-corrected chi connectivity index (χ4v) is 3.99. The monoisotopic (exact) mass is 512 g/mol. The van der Waals surface area contributed by atoms with Crippen molar-refractivity contribution in [3.05, 3.63) is 77.6 Å². The van der Waals surface area contributed by atoms with Crippen molar-refractivity contribution in [2.24, 2.45) is 7.05 Å². The number of nitrogens with zero attached hydrogens (tertiary/aromatic N) is 2. The van der Waals surface area contributed by atoms with E-state index in [0.29, 0.717) is 5.92 Å². The maximum atomic E-state index is 9.17. The highest BCUT2D eigenvalue weighted by Gasteiger charge is 2.11. The van der Waals surface area contributed by atoms with Gasteiger partial charge in [0.25, 0.3) is 0 Å². The summed E-state index contributed by atoms with van der Waals surface area (Å²) >= 11 is 0. The molecule has 0 saturated carbocycles. The van der Waals surface area contributed by atoms with Crippen LogP contribution in [0.2, 0.25) is 0 Å². The molecule has 0 aliphatic rings. The highest BCUT2D eigenvalue weighted by Crippen LogP contribution is 2.27. The van der Waals surface area contributed by atoms with Crippen LogP contribution in [0.1, 0.15) is 42.9 Å². The van der Waals surface area contributed by atoms with Crippen molar-refractivity contribution in [1.82, 2.24) is 4.57 Å². The van der Waals surface area contributed by atoms with Gasteiger partial charge in [0, 0.05) is 49.3 Å². The summed E-state index contributed by atoms with van der Waals surface area (Å²) in [6.07, 6.45) is 9.52. The summed E-state index contributed by atoms with van der Waals surface area (Å²) in [5.74, 6) is 0.529. The summed E-state index contributed by atoms with van der Waals surface area (Å²) in [7, 11) is 2.12. The van der Waals surface area contributed by atoms with Gasteiger partial charge in [-0.05, 0) is 34.7 Å². The molecule has 4 heteroatoms. The number of aliphatic hydroxyl groups is 1. The molecular formula is C26H29IN2O. The van der Waals surface area contributed by atoms with Crippen molar-refractivity contribution in [3.63, 3.8) is 0 Å². The van der Waals surface area contributed by atoms with Crippen molar-refractivity contribution in [3.8, 4) is 0 Å². The van der Waals surface area contributed by atoms with E-state index in [-0.39, 0.29) is 30.6 Å². The molecule has 4 rings (SSSR count). The lowest BCUT2D eigenvalue weighted by atomic mass is 10.0. The Hall–Kier alpha value is -2.18. The molecule has 0 saturated heterocycles. The number of aromatic nitrogens is 2. The second-order valence-corrected chi connectivity index (χ2v) is 8.02. The molecule has 0 fully saturated rings. The first kappa shape index (κ1) is 22.5. The third-order valence-corrected chi connectivity index (χ3v) is 5.67. The van der Waals surface area contributed by atoms with Crippen LogP contribution in [0.5, 0.6) is 0 Å². The molecule has 0 aliphatic heterocycles. The fourth-order valence-electron chi connectivity index (χ4n) is 3.99. The van der Waals surface area contributed by atoms with Crippen LogP contribution < -0.4 is 28.5 Å². The molecule has 30 heavy (non-hydrogen) atoms. The van der Waals surface area contributed by atoms with Gasteiger partial charge in [0.05, 0.1) is 5.39 Å². The number of rotatable bonds is 6. The smallest absolute Gasteiger partial charge is 0.213 e. The molecule has 156 valence electrons. The van der Waals surface area contributed by atoms with E-state index in [1.807, 2.05) is 0 Å². The van der Waals surface area contributed by atoms with Gasteiger partial charge in [-0.25, -0.2) is 0 Å². The minimum Gasteiger partial charge on any atom is -1.00 e. The Bertz CT molecular complexity index is 1190. The van der Waals surface area contributed by atoms with Gasteiger partial charge in [0.1, 0.15) is 0 Å². The van der Waals surface area contributed by atoms with Gasteiger partial charge in [-0.3, -0.25) is 0 Å². The van der Waals surface area contributed by atoms with E-state index < -0.39 is 0 Å². The van der Waals surface area contributed by atoms with Gasteiger partial charge in [0.15, 0.2) is 12.7 Å². The SMILES string of the molecule is CC(C)c1ccc2c(/C=C/c3cc[n+](CCCO)c4ccccc34)cn(C)c2c1.[I-]. The van der Waals surface area contributed by atoms with Gasteiger partial charge >= 0.3 is 0 Å². The van der Waals surface area contributed by atoms with Crippen LogP contribution in [0.25, 0.3) is 34.0 Å². The number of pyridine rings is 1. The summed E-state index contributed by atoms with van der Waals surface area (Å²) in [4.78, 5) is 0. The quantitative estimate of drug-likeness (QED) is 0.312. The third-order valence-electron chi connectivity index (χ3n) is 5.67. The average Bonchev–Trinajstić information content (AvgIpc) is 3.06. The molecule has 3 nitrogen and oxygen atoms in total. The molecule has 0 aliphatic carbocycles. The third kappa shape index (κ3) is 4.44. The molecule has 0 atom stereocenters. The van der Waals surface area contributed by atoms with Crippen molar-refractivity contribution < 1.29 is 33.7 Å². The van der Waals surface area contributed by atoms with Crippen molar-refractivity contribution in [2.45, 2.75) is 32.7 Å². The van der Waals surface area contributed by atoms with Gasteiger partial charge in [-0.1, -0.05) is 50.3 Å². The first-order chi connectivity index (χ1) is 14.1. The summed E-state index contributed by atoms with van der Waals surface area (Å²) in [5.41, 5.74) is 6.28. The molecule has 1 N–H and O–H groups in total. The normalized spacial score (nSPS) is 11.6. The predicted octanol–water partition coefficient (Wildman–Crippen LogP) is 2.30. The van der Waals surface area contributed by atoms with Gasteiger partial charge < -0.3 is 33.7 Å². The summed E-state index contributed by atoms with van der Waals surface area (Å²) in [6.45, 7) is 5.50. The number of halogens is 1. The lowest BCUT2D eigenvalue weighted by Crippen LogP contribution is -3.00. The maximum Gasteiger partial charge on any atom is 0.213 e. The first-order valence-corrected chi connectivity index (χ1v) is 10.4. The van der Waals surface area contributed by atoms with E-state index >= 15 is 0 Å². The lowest BCUT2D eigenvalue weighted by Gasteiger charge is -2.06. The zero-order valence-electron chi connectivity index (χ0n) is 17.8. The van der Waals surface area contributed by atoms with Crippen LogP contribution in [0.4, 0.5) is 0 Å². The maximum absolute atomic E-state index is 9.17. The van der Waals surface area contributed by atoms with Crippen LogP contribution >= 0.6 is 0 Å². The van der Waals surface area contributed by atoms with E-state index in [4.69, 9.17) is 0 Å². The Labute approximate surface area is 195 Å². The van der Waals surface area contributed by atoms with Crippen LogP contribution in [-0.4, -0.2) is 16.3 Å². The molecule has 0 bridgehead atoms. The van der Waals surface area contributed by atoms with Crippen LogP contribution in [0.15, 0.2) is 60.9 Å². The van der Waals surface area contributed by atoms with Gasteiger partial charge in [0.2, 0.25) is 5.52 Å². The topological polar surface area (TPSA) is 29.0 Å². The standard InChI is InChI=1S/C26H29N2O.HI/c1-19(2)21-11-12-24-22(18-27(3)26(24)17-21)10-9-20-13-15-28(14-6-16-29)25-8-5-4-7-23(20)25;/h4-5,7-13,15,17-19,29H,6,14,16H2,1-3H3;1H/q+1;/p-1. The van der Waals surface area contributed by atoms with E-state index in [9.17, 15) is 5.11 Å². The number of fused-ring (bicyclic) bond motifs is 2. The fraction of sp³-hybridized carbons (Fsp3) is 0.269. The van der Waals surface area contributed by atoms with E-state index in [2.05, 4.69) is 103 Å². The van der Waals surface area contributed by atoms with Crippen LogP contribution in [0.3, 0.4) is 0 Å². The molecular weight excluding hydrogens is 483 g/mol. The van der Waals surface area contributed by atoms with Crippen molar-refractivity contribution in [2.75, 3.05) is 6.61 Å². The molecule has 0 spiro atoms. The van der Waals surface area contributed by atoms with Gasteiger partial charge in [-0.2, -0.15) is 4.57 Å². The minimum absolute atomic E-state index is 0. The number of para-hydroxylation sites is 1. The molecule has 4 aromatic rings. The van der Waals surface area contributed by atoms with E-state index in [1.54, 1.807) is 0 Å². The van der Waals surface area contributed by atoms with Crippen molar-refractivity contribution >= 4 is 34.0 Å². The summed E-state index contributed by atoms with van der Waals surface area (Å²) < 4.78 is 4.43. The Morgan fingerprint density at radius 3 is 2.53 bits per heavy atom. The molecule has 0 unspecified atom stereocenters. The highest BCUT2D eigenvalue weighted by atomic mass is 127. The number of hydrogen-bond acceptors (Lipinski definition) is 1. The van der Waals surface area contributed by atoms with E-state index in [0.717, 1.165) is 13.0 Å². The zero-order valence-corrected chi connectivity index (χ0v) is 20.0. The average molecular weight is 512 g/mol. The number of benzene rings is 2. The molecule has 0 amide bonds. The van der Waals surface area contributed by atoms with Crippen LogP contribution in [0, 0.1) is 0 Å². The highest BCUT2D eigenvalue weighted by molar-refractivity contribution is 5.95. The number of aliphatic hydroxyl groups excluding tert-OH is 1. The van der Waals surface area contributed by atoms with Crippen LogP contribution in [-0.2, 0) is 13.6 Å². The Morgan fingerprint density at radius 1 is 1.00 bits per heavy atom. The second-order valence-electron chi connectivity index (χ2n) is 8.02. The Morgan fingerprint density at radius 2 is 1.77 bits per heavy atom. The first-order valence-electron chi connectivity index (χ1n) is 10.4. The lowest BCUT2D eigenvalue weighted by molar-refractivity contribution is -0.672. The largest absolute Gasteiger partial charge is 1.00 e. The molecule has 0 radical (unpaired) electrons. The number of hydrogen-bond donors (Lipinski definition) is 1.